The van der Waals surface area contributed by atoms with Crippen molar-refractivity contribution < 1.29 is 13.2 Å². The molecule has 3 rings (SSSR count). The Labute approximate surface area is 179 Å². The van der Waals surface area contributed by atoms with Gasteiger partial charge in [0, 0.05) is 35.9 Å². The van der Waals surface area contributed by atoms with Crippen molar-refractivity contribution in [3.63, 3.8) is 0 Å². The van der Waals surface area contributed by atoms with Gasteiger partial charge in [-0.15, -0.1) is 11.3 Å². The van der Waals surface area contributed by atoms with Crippen molar-refractivity contribution in [1.82, 2.24) is 9.21 Å². The van der Waals surface area contributed by atoms with Gasteiger partial charge in [-0.25, -0.2) is 8.42 Å². The Hall–Kier alpha value is -1.16. The van der Waals surface area contributed by atoms with Crippen molar-refractivity contribution in [3.8, 4) is 0 Å². The van der Waals surface area contributed by atoms with E-state index in [2.05, 4.69) is 5.32 Å². The minimum absolute atomic E-state index is 0.160. The number of piperazine rings is 1. The van der Waals surface area contributed by atoms with Gasteiger partial charge in [-0.3, -0.25) is 9.69 Å². The molecule has 1 fully saturated rings. The molecule has 1 aliphatic rings. The molecule has 152 valence electrons. The second kappa shape index (κ2) is 8.69. The molecule has 0 spiro atoms. The maximum Gasteiger partial charge on any atom is 0.244 e. The summed E-state index contributed by atoms with van der Waals surface area (Å²) in [5.74, 6) is -0.218. The number of amides is 1. The Morgan fingerprint density at radius 1 is 1.18 bits per heavy atom. The van der Waals surface area contributed by atoms with Gasteiger partial charge < -0.3 is 5.32 Å². The van der Waals surface area contributed by atoms with Crippen molar-refractivity contribution >= 4 is 56.2 Å². The van der Waals surface area contributed by atoms with Crippen molar-refractivity contribution in [3.05, 3.63) is 44.1 Å². The number of halogens is 2. The molecule has 1 aromatic carbocycles. The fourth-order valence-corrected chi connectivity index (χ4v) is 6.42. The van der Waals surface area contributed by atoms with E-state index in [4.69, 9.17) is 23.2 Å². The summed E-state index contributed by atoms with van der Waals surface area (Å²) in [6.07, 6.45) is 0. The summed E-state index contributed by atoms with van der Waals surface area (Å²) in [5, 5.41) is 3.42. The molecule has 1 N–H and O–H groups in total. The van der Waals surface area contributed by atoms with Crippen molar-refractivity contribution in [2.75, 3.05) is 38.0 Å². The highest BCUT2D eigenvalue weighted by Crippen LogP contribution is 2.30. The Morgan fingerprint density at radius 2 is 1.86 bits per heavy atom. The number of aryl methyl sites for hydroxylation is 2. The van der Waals surface area contributed by atoms with Gasteiger partial charge in [0.1, 0.15) is 0 Å². The van der Waals surface area contributed by atoms with Gasteiger partial charge in [0.05, 0.1) is 27.2 Å². The molecule has 1 amide bonds. The van der Waals surface area contributed by atoms with Crippen LogP contribution in [-0.4, -0.2) is 56.3 Å². The predicted molar refractivity (Wildman–Crippen MR) is 114 cm³/mol. The quantitative estimate of drug-likeness (QED) is 0.737. The van der Waals surface area contributed by atoms with Crippen LogP contribution in [0.5, 0.6) is 0 Å². The molecule has 0 unspecified atom stereocenters. The average Bonchev–Trinajstić information content (AvgIpc) is 2.98. The van der Waals surface area contributed by atoms with Crippen molar-refractivity contribution in [2.24, 2.45) is 0 Å². The van der Waals surface area contributed by atoms with E-state index in [0.29, 0.717) is 46.8 Å². The van der Waals surface area contributed by atoms with E-state index in [9.17, 15) is 13.2 Å². The van der Waals surface area contributed by atoms with Crippen LogP contribution in [0.2, 0.25) is 10.0 Å². The minimum atomic E-state index is -3.50. The summed E-state index contributed by atoms with van der Waals surface area (Å²) in [4.78, 5) is 16.4. The van der Waals surface area contributed by atoms with Crippen LogP contribution >= 0.6 is 34.5 Å². The van der Waals surface area contributed by atoms with E-state index in [0.717, 1.165) is 9.75 Å². The number of carbonyl (C=O) groups excluding carboxylic acids is 1. The molecule has 0 bridgehead atoms. The predicted octanol–water partition coefficient (Wildman–Crippen LogP) is 3.62. The molecular weight excluding hydrogens is 441 g/mol. The number of nitrogens with zero attached hydrogens (tertiary/aromatic N) is 2. The molecule has 0 atom stereocenters. The van der Waals surface area contributed by atoms with E-state index in [-0.39, 0.29) is 12.5 Å². The van der Waals surface area contributed by atoms with Crippen LogP contribution in [0.25, 0.3) is 0 Å². The molecule has 6 nitrogen and oxygen atoms in total. The first-order valence-corrected chi connectivity index (χ1v) is 11.7. The Balaban J connectivity index is 1.57. The number of benzene rings is 1. The van der Waals surface area contributed by atoms with E-state index in [1.54, 1.807) is 24.3 Å². The number of anilines is 1. The molecule has 0 radical (unpaired) electrons. The number of sulfonamides is 1. The summed E-state index contributed by atoms with van der Waals surface area (Å²) < 4.78 is 27.2. The van der Waals surface area contributed by atoms with Gasteiger partial charge in [0.2, 0.25) is 15.9 Å². The number of hydrogen-bond acceptors (Lipinski definition) is 5. The fraction of sp³-hybridized carbons (Fsp3) is 0.389. The van der Waals surface area contributed by atoms with Crippen LogP contribution < -0.4 is 5.32 Å². The zero-order valence-electron chi connectivity index (χ0n) is 15.5. The van der Waals surface area contributed by atoms with E-state index >= 15 is 0 Å². The molecule has 28 heavy (non-hydrogen) atoms. The number of hydrogen-bond donors (Lipinski definition) is 1. The summed E-state index contributed by atoms with van der Waals surface area (Å²) in [6, 6.07) is 6.77. The van der Waals surface area contributed by atoms with Gasteiger partial charge in [-0.1, -0.05) is 29.3 Å². The Kier molecular flexibility index (Phi) is 6.69. The maximum atomic E-state index is 12.9. The molecule has 0 saturated carbocycles. The van der Waals surface area contributed by atoms with Crippen LogP contribution in [-0.2, 0) is 14.8 Å². The van der Waals surface area contributed by atoms with Crippen LogP contribution in [0.4, 0.5) is 5.69 Å². The Bertz CT molecular complexity index is 984. The lowest BCUT2D eigenvalue weighted by Crippen LogP contribution is -2.50. The number of nitrogens with one attached hydrogen (secondary N) is 1. The van der Waals surface area contributed by atoms with Gasteiger partial charge in [-0.2, -0.15) is 4.31 Å². The molecular formula is C18H21Cl2N3O3S2. The molecule has 2 heterocycles. The third-order valence-electron chi connectivity index (χ3n) is 4.54. The van der Waals surface area contributed by atoms with Crippen LogP contribution in [0.15, 0.2) is 29.2 Å². The highest BCUT2D eigenvalue weighted by atomic mass is 35.5. The van der Waals surface area contributed by atoms with E-state index in [1.807, 2.05) is 18.7 Å². The summed E-state index contributed by atoms with van der Waals surface area (Å²) in [5.41, 5.74) is 0.462. The molecule has 1 saturated heterocycles. The van der Waals surface area contributed by atoms with Gasteiger partial charge in [0.15, 0.2) is 0 Å². The van der Waals surface area contributed by atoms with Crippen LogP contribution in [0.1, 0.15) is 9.75 Å². The molecule has 0 aliphatic carbocycles. The lowest BCUT2D eigenvalue weighted by atomic mass is 10.3. The molecule has 10 heteroatoms. The minimum Gasteiger partial charge on any atom is -0.324 e. The topological polar surface area (TPSA) is 69.7 Å². The smallest absolute Gasteiger partial charge is 0.244 e. The van der Waals surface area contributed by atoms with Crippen LogP contribution in [0, 0.1) is 13.8 Å². The first-order chi connectivity index (χ1) is 13.2. The van der Waals surface area contributed by atoms with Crippen molar-refractivity contribution in [2.45, 2.75) is 18.7 Å². The number of rotatable bonds is 5. The van der Waals surface area contributed by atoms with Gasteiger partial charge in [0.25, 0.3) is 0 Å². The monoisotopic (exact) mass is 461 g/mol. The number of thiophene rings is 1. The second-order valence-electron chi connectivity index (χ2n) is 6.61. The standard InChI is InChI=1S/C18H21Cl2N3O3S2/c1-12-10-16(13(2)27-12)28(25,26)23-8-6-22(7-9-23)11-17(24)21-15-5-3-4-14(19)18(15)20/h3-5,10H,6-9,11H2,1-2H3,(H,21,24). The van der Waals surface area contributed by atoms with Gasteiger partial charge >= 0.3 is 0 Å². The largest absolute Gasteiger partial charge is 0.324 e. The second-order valence-corrected chi connectivity index (χ2v) is 10.8. The molecule has 1 aliphatic heterocycles. The zero-order valence-corrected chi connectivity index (χ0v) is 18.7. The lowest BCUT2D eigenvalue weighted by Gasteiger charge is -2.33. The zero-order chi connectivity index (χ0) is 20.5. The molecule has 1 aromatic heterocycles. The van der Waals surface area contributed by atoms with Crippen molar-refractivity contribution in [1.29, 1.82) is 0 Å². The highest BCUT2D eigenvalue weighted by Gasteiger charge is 2.31. The fourth-order valence-electron chi connectivity index (χ4n) is 3.12. The highest BCUT2D eigenvalue weighted by molar-refractivity contribution is 7.89. The lowest BCUT2D eigenvalue weighted by molar-refractivity contribution is -0.117. The Morgan fingerprint density at radius 3 is 2.46 bits per heavy atom. The van der Waals surface area contributed by atoms with E-state index in [1.165, 1.54) is 15.6 Å². The third-order valence-corrected chi connectivity index (χ3v) is 8.48. The average molecular weight is 462 g/mol. The van der Waals surface area contributed by atoms with Gasteiger partial charge in [-0.05, 0) is 32.0 Å². The van der Waals surface area contributed by atoms with Crippen LogP contribution in [0.3, 0.4) is 0 Å². The summed E-state index contributed by atoms with van der Waals surface area (Å²) >= 11 is 13.5. The number of carbonyl (C=O) groups is 1. The first kappa shape index (κ1) is 21.5. The molecule has 2 aromatic rings. The third kappa shape index (κ3) is 4.69. The summed E-state index contributed by atoms with van der Waals surface area (Å²) in [6.45, 7) is 5.55. The normalized spacial score (nSPS) is 16.3. The SMILES string of the molecule is Cc1cc(S(=O)(=O)N2CCN(CC(=O)Nc3cccc(Cl)c3Cl)CC2)c(C)s1. The van der Waals surface area contributed by atoms with E-state index < -0.39 is 10.0 Å². The maximum absolute atomic E-state index is 12.9. The summed E-state index contributed by atoms with van der Waals surface area (Å²) in [7, 11) is -3.50. The first-order valence-electron chi connectivity index (χ1n) is 8.72.